The highest BCUT2D eigenvalue weighted by Gasteiger charge is 2.29. The minimum Gasteiger partial charge on any atom is -0.309 e. The fourth-order valence-corrected chi connectivity index (χ4v) is 9.24. The highest BCUT2D eigenvalue weighted by Crippen LogP contribution is 2.43. The molecule has 0 aliphatic carbocycles. The van der Waals surface area contributed by atoms with E-state index < -0.39 is 7.14 Å². The van der Waals surface area contributed by atoms with Gasteiger partial charge in [0.15, 0.2) is 7.14 Å². The summed E-state index contributed by atoms with van der Waals surface area (Å²) < 4.78 is 14.9. The Bertz CT molecular complexity index is 2260. The van der Waals surface area contributed by atoms with E-state index in [0.717, 1.165) is 27.0 Å². The van der Waals surface area contributed by atoms with Crippen molar-refractivity contribution in [1.82, 2.24) is 0 Å². The summed E-state index contributed by atoms with van der Waals surface area (Å²) in [5, 5.41) is 10.2. The second-order valence-corrected chi connectivity index (χ2v) is 14.0. The number of hydrogen-bond donors (Lipinski definition) is 0. The van der Waals surface area contributed by atoms with Gasteiger partial charge in [-0.3, -0.25) is 0 Å². The SMILES string of the molecule is O=P(c1ccccc1)(c1ccccc1)c1cccc(-c2ccc(-c3ccc4c5ccccc5c5ccccc5c4c3)cc2)c1. The molecule has 8 aromatic rings. The van der Waals surface area contributed by atoms with E-state index in [9.17, 15) is 4.57 Å². The van der Waals surface area contributed by atoms with E-state index in [1.54, 1.807) is 0 Å². The van der Waals surface area contributed by atoms with Gasteiger partial charge >= 0.3 is 0 Å². The summed E-state index contributed by atoms with van der Waals surface area (Å²) in [5.41, 5.74) is 4.51. The van der Waals surface area contributed by atoms with E-state index >= 15 is 0 Å². The standard InChI is InChI=1S/C42H29OP/c43-44(34-13-3-1-4-14-34,35-15-5-2-6-16-35)36-17-11-12-32(28-36)30-22-24-31(25-23-30)33-26-27-41-39-20-8-7-18-37(39)38-19-9-10-21-40(38)42(41)29-33/h1-29H. The molecule has 0 amide bonds. The Balaban J connectivity index is 1.20. The van der Waals surface area contributed by atoms with Crippen LogP contribution in [-0.4, -0.2) is 0 Å². The summed E-state index contributed by atoms with van der Waals surface area (Å²) in [6, 6.07) is 60.9. The van der Waals surface area contributed by atoms with Gasteiger partial charge in [0.25, 0.3) is 0 Å². The third kappa shape index (κ3) is 4.37. The maximum Gasteiger partial charge on any atom is 0.171 e. The molecule has 8 rings (SSSR count). The molecule has 0 aromatic heterocycles. The molecule has 1 nitrogen and oxygen atoms in total. The van der Waals surface area contributed by atoms with Gasteiger partial charge in [0.05, 0.1) is 0 Å². The van der Waals surface area contributed by atoms with Crippen molar-refractivity contribution in [2.24, 2.45) is 0 Å². The lowest BCUT2D eigenvalue weighted by Gasteiger charge is -2.20. The van der Waals surface area contributed by atoms with Crippen LogP contribution in [0.3, 0.4) is 0 Å². The van der Waals surface area contributed by atoms with Gasteiger partial charge in [-0.1, -0.05) is 164 Å². The lowest BCUT2D eigenvalue weighted by atomic mass is 9.92. The number of benzene rings is 8. The summed E-state index contributed by atoms with van der Waals surface area (Å²) in [4.78, 5) is 0. The van der Waals surface area contributed by atoms with Crippen molar-refractivity contribution in [2.45, 2.75) is 0 Å². The molecule has 0 saturated heterocycles. The Kier molecular flexibility index (Phi) is 6.48. The van der Waals surface area contributed by atoms with E-state index in [1.807, 2.05) is 72.8 Å². The molecule has 208 valence electrons. The fraction of sp³-hybridized carbons (Fsp3) is 0. The van der Waals surface area contributed by atoms with Crippen molar-refractivity contribution in [2.75, 3.05) is 0 Å². The van der Waals surface area contributed by atoms with Gasteiger partial charge in [0.2, 0.25) is 0 Å². The first-order valence-corrected chi connectivity index (χ1v) is 16.7. The zero-order valence-corrected chi connectivity index (χ0v) is 25.0. The van der Waals surface area contributed by atoms with Crippen LogP contribution in [0.1, 0.15) is 0 Å². The van der Waals surface area contributed by atoms with E-state index in [1.165, 1.54) is 43.4 Å². The van der Waals surface area contributed by atoms with Crippen molar-refractivity contribution < 1.29 is 4.57 Å². The fourth-order valence-electron chi connectivity index (χ4n) is 6.55. The molecule has 0 N–H and O–H groups in total. The molecule has 0 unspecified atom stereocenters. The number of rotatable bonds is 5. The van der Waals surface area contributed by atoms with Gasteiger partial charge < -0.3 is 4.57 Å². The third-order valence-corrected chi connectivity index (χ3v) is 11.8. The van der Waals surface area contributed by atoms with E-state index in [2.05, 4.69) is 103 Å². The van der Waals surface area contributed by atoms with Gasteiger partial charge in [-0.15, -0.1) is 0 Å². The molecule has 0 saturated carbocycles. The number of fused-ring (bicyclic) bond motifs is 6. The minimum atomic E-state index is -3.04. The summed E-state index contributed by atoms with van der Waals surface area (Å²) in [7, 11) is -3.04. The Morgan fingerprint density at radius 1 is 0.273 bits per heavy atom. The lowest BCUT2D eigenvalue weighted by Crippen LogP contribution is -2.25. The van der Waals surface area contributed by atoms with Crippen molar-refractivity contribution in [3.05, 3.63) is 176 Å². The highest BCUT2D eigenvalue weighted by molar-refractivity contribution is 7.85. The van der Waals surface area contributed by atoms with Crippen molar-refractivity contribution in [1.29, 1.82) is 0 Å². The van der Waals surface area contributed by atoms with Crippen LogP contribution in [0.5, 0.6) is 0 Å². The second-order valence-electron chi connectivity index (χ2n) is 11.3. The molecule has 0 atom stereocenters. The van der Waals surface area contributed by atoms with Crippen molar-refractivity contribution in [3.63, 3.8) is 0 Å². The van der Waals surface area contributed by atoms with Crippen LogP contribution in [-0.2, 0) is 4.57 Å². The van der Waals surface area contributed by atoms with Crippen LogP contribution in [0.25, 0.3) is 54.6 Å². The first kappa shape index (κ1) is 26.4. The Morgan fingerprint density at radius 2 is 0.659 bits per heavy atom. The van der Waals surface area contributed by atoms with Crippen LogP contribution in [0.2, 0.25) is 0 Å². The van der Waals surface area contributed by atoms with Gasteiger partial charge in [0.1, 0.15) is 0 Å². The minimum absolute atomic E-state index is 0.838. The molecular formula is C42H29OP. The predicted molar refractivity (Wildman–Crippen MR) is 189 cm³/mol. The molecular weight excluding hydrogens is 551 g/mol. The second kappa shape index (κ2) is 10.8. The third-order valence-electron chi connectivity index (χ3n) is 8.75. The first-order valence-electron chi connectivity index (χ1n) is 15.0. The average molecular weight is 581 g/mol. The summed E-state index contributed by atoms with van der Waals surface area (Å²) in [6.45, 7) is 0. The molecule has 0 fully saturated rings. The van der Waals surface area contributed by atoms with E-state index in [-0.39, 0.29) is 0 Å². The molecule has 0 aliphatic rings. The molecule has 44 heavy (non-hydrogen) atoms. The zero-order valence-electron chi connectivity index (χ0n) is 24.1. The van der Waals surface area contributed by atoms with Crippen LogP contribution < -0.4 is 15.9 Å². The maximum absolute atomic E-state index is 14.9. The summed E-state index contributed by atoms with van der Waals surface area (Å²) >= 11 is 0. The smallest absolute Gasteiger partial charge is 0.171 e. The first-order chi connectivity index (χ1) is 21.7. The highest BCUT2D eigenvalue weighted by atomic mass is 31.2. The molecule has 2 heteroatoms. The molecule has 0 spiro atoms. The van der Waals surface area contributed by atoms with Crippen LogP contribution >= 0.6 is 7.14 Å². The normalized spacial score (nSPS) is 11.7. The van der Waals surface area contributed by atoms with Crippen molar-refractivity contribution >= 4 is 55.4 Å². The van der Waals surface area contributed by atoms with Crippen LogP contribution in [0.4, 0.5) is 0 Å². The zero-order chi connectivity index (χ0) is 29.5. The molecule has 8 aromatic carbocycles. The largest absolute Gasteiger partial charge is 0.309 e. The number of hydrogen-bond acceptors (Lipinski definition) is 1. The Hall–Kier alpha value is -5.23. The Labute approximate surface area is 257 Å². The molecule has 0 bridgehead atoms. The van der Waals surface area contributed by atoms with Crippen molar-refractivity contribution in [3.8, 4) is 22.3 Å². The maximum atomic E-state index is 14.9. The molecule has 0 heterocycles. The van der Waals surface area contributed by atoms with Crippen LogP contribution in [0, 0.1) is 0 Å². The lowest BCUT2D eigenvalue weighted by molar-refractivity contribution is 0.592. The predicted octanol–water partition coefficient (Wildman–Crippen LogP) is 10.1. The van der Waals surface area contributed by atoms with Crippen LogP contribution in [0.15, 0.2) is 176 Å². The Morgan fingerprint density at radius 3 is 1.18 bits per heavy atom. The average Bonchev–Trinajstić information content (AvgIpc) is 3.12. The quantitative estimate of drug-likeness (QED) is 0.146. The van der Waals surface area contributed by atoms with Gasteiger partial charge in [-0.25, -0.2) is 0 Å². The van der Waals surface area contributed by atoms with Gasteiger partial charge in [-0.2, -0.15) is 0 Å². The van der Waals surface area contributed by atoms with Gasteiger partial charge in [0, 0.05) is 15.9 Å². The summed E-state index contributed by atoms with van der Waals surface area (Å²) in [6.07, 6.45) is 0. The summed E-state index contributed by atoms with van der Waals surface area (Å²) in [5.74, 6) is 0. The molecule has 0 radical (unpaired) electrons. The monoisotopic (exact) mass is 580 g/mol. The van der Waals surface area contributed by atoms with E-state index in [4.69, 9.17) is 0 Å². The topological polar surface area (TPSA) is 17.1 Å². The van der Waals surface area contributed by atoms with E-state index in [0.29, 0.717) is 0 Å². The van der Waals surface area contributed by atoms with Gasteiger partial charge in [-0.05, 0) is 66.7 Å². The molecule has 0 aliphatic heterocycles.